The molecule has 0 atom stereocenters. The molecule has 0 radical (unpaired) electrons. The smallest absolute Gasteiger partial charge is 0.354 e. The van der Waals surface area contributed by atoms with Crippen molar-refractivity contribution in [2.24, 2.45) is 0 Å². The summed E-state index contributed by atoms with van der Waals surface area (Å²) < 4.78 is 0. The Morgan fingerprint density at radius 3 is 2.65 bits per heavy atom. The quantitative estimate of drug-likeness (QED) is 0.593. The molecule has 0 aliphatic heterocycles. The Hall–Kier alpha value is -3.02. The number of nitrogens with one attached hydrogen (secondary N) is 1. The number of aromatic carboxylic acids is 1. The van der Waals surface area contributed by atoms with Gasteiger partial charge in [-0.2, -0.15) is 0 Å². The molecule has 4 rings (SSSR count). The summed E-state index contributed by atoms with van der Waals surface area (Å²) in [6.45, 7) is 3.87. The van der Waals surface area contributed by atoms with Crippen LogP contribution in [0.15, 0.2) is 24.5 Å². The molecule has 114 valence electrons. The zero-order valence-corrected chi connectivity index (χ0v) is 12.7. The molecule has 0 amide bonds. The van der Waals surface area contributed by atoms with Crippen LogP contribution in [0, 0.1) is 6.92 Å². The maximum Gasteiger partial charge on any atom is 0.354 e. The largest absolute Gasteiger partial charge is 0.477 e. The Labute approximate surface area is 131 Å². The van der Waals surface area contributed by atoms with Crippen LogP contribution in [0.4, 0.5) is 0 Å². The Bertz CT molecular complexity index is 1100. The minimum atomic E-state index is -1.02. The molecule has 3 heterocycles. The highest BCUT2D eigenvalue weighted by Gasteiger charge is 2.19. The van der Waals surface area contributed by atoms with E-state index in [1.807, 2.05) is 26.0 Å². The molecule has 0 fully saturated rings. The van der Waals surface area contributed by atoms with Crippen LogP contribution in [0.2, 0.25) is 0 Å². The monoisotopic (exact) mass is 306 g/mol. The van der Waals surface area contributed by atoms with Gasteiger partial charge in [-0.25, -0.2) is 14.8 Å². The van der Waals surface area contributed by atoms with Gasteiger partial charge in [-0.3, -0.25) is 4.98 Å². The topological polar surface area (TPSA) is 91.8 Å². The van der Waals surface area contributed by atoms with E-state index >= 15 is 0 Å². The number of H-pyrrole nitrogens is 1. The van der Waals surface area contributed by atoms with Crippen molar-refractivity contribution in [3.05, 3.63) is 41.5 Å². The van der Waals surface area contributed by atoms with Gasteiger partial charge in [0, 0.05) is 22.7 Å². The molecule has 0 spiro atoms. The van der Waals surface area contributed by atoms with E-state index in [4.69, 9.17) is 0 Å². The molecule has 6 heteroatoms. The first-order valence-electron chi connectivity index (χ1n) is 7.39. The lowest BCUT2D eigenvalue weighted by molar-refractivity contribution is 0.0689. The molecule has 0 aliphatic rings. The summed E-state index contributed by atoms with van der Waals surface area (Å²) >= 11 is 0. The van der Waals surface area contributed by atoms with E-state index in [0.717, 1.165) is 33.0 Å². The summed E-state index contributed by atoms with van der Waals surface area (Å²) in [5.41, 5.74) is 4.96. The third-order valence-electron chi connectivity index (χ3n) is 4.09. The molecule has 3 aromatic heterocycles. The van der Waals surface area contributed by atoms with Gasteiger partial charge >= 0.3 is 5.97 Å². The van der Waals surface area contributed by atoms with Crippen LogP contribution in [0.25, 0.3) is 32.8 Å². The predicted octanol–water partition coefficient (Wildman–Crippen LogP) is 3.23. The van der Waals surface area contributed by atoms with Crippen molar-refractivity contribution in [2.45, 2.75) is 20.3 Å². The molecule has 0 bridgehead atoms. The second-order valence-corrected chi connectivity index (χ2v) is 5.54. The molecule has 0 saturated carbocycles. The lowest BCUT2D eigenvalue weighted by Crippen LogP contribution is -2.05. The zero-order chi connectivity index (χ0) is 16.1. The van der Waals surface area contributed by atoms with Gasteiger partial charge in [0.25, 0.3) is 0 Å². The van der Waals surface area contributed by atoms with Crippen LogP contribution in [-0.4, -0.2) is 31.0 Å². The van der Waals surface area contributed by atoms with E-state index in [2.05, 4.69) is 19.9 Å². The van der Waals surface area contributed by atoms with Crippen molar-refractivity contribution >= 4 is 38.8 Å². The van der Waals surface area contributed by atoms with E-state index in [1.54, 1.807) is 6.20 Å². The van der Waals surface area contributed by atoms with E-state index in [0.29, 0.717) is 17.5 Å². The van der Waals surface area contributed by atoms with Gasteiger partial charge in [-0.05, 0) is 31.0 Å². The molecule has 2 N–H and O–H groups in total. The standard InChI is InChI=1S/C17H14N4O2/c1-3-9-13-12(7-19-15(9)17(22)23)21-10-4-5-11-16(14(10)13)20-8(2)6-18-11/h4-7,20H,3H2,1-2H3,(H,22,23). The van der Waals surface area contributed by atoms with Crippen LogP contribution in [0.3, 0.4) is 0 Å². The Kier molecular flexibility index (Phi) is 2.81. The number of aryl methyl sites for hydroxylation is 2. The lowest BCUT2D eigenvalue weighted by Gasteiger charge is -2.06. The highest BCUT2D eigenvalue weighted by atomic mass is 16.4. The molecular weight excluding hydrogens is 292 g/mol. The Balaban J connectivity index is 2.30. The minimum Gasteiger partial charge on any atom is -0.477 e. The minimum absolute atomic E-state index is 0.0897. The third-order valence-corrected chi connectivity index (χ3v) is 4.09. The average Bonchev–Trinajstić information content (AvgIpc) is 2.92. The first-order valence-corrected chi connectivity index (χ1v) is 7.39. The molecule has 23 heavy (non-hydrogen) atoms. The fourth-order valence-electron chi connectivity index (χ4n) is 3.12. The van der Waals surface area contributed by atoms with Crippen molar-refractivity contribution in [1.29, 1.82) is 0 Å². The van der Waals surface area contributed by atoms with E-state index in [1.165, 1.54) is 6.20 Å². The van der Waals surface area contributed by atoms with Gasteiger partial charge in [0.1, 0.15) is 0 Å². The first kappa shape index (κ1) is 13.6. The summed E-state index contributed by atoms with van der Waals surface area (Å²) in [6, 6.07) is 3.82. The molecule has 1 aromatic carbocycles. The van der Waals surface area contributed by atoms with Crippen LogP contribution >= 0.6 is 0 Å². The number of carboxylic acids is 1. The summed E-state index contributed by atoms with van der Waals surface area (Å²) in [6.07, 6.45) is 3.88. The number of carboxylic acid groups (broad SMARTS) is 1. The number of aromatic nitrogens is 4. The highest BCUT2D eigenvalue weighted by Crippen LogP contribution is 2.33. The van der Waals surface area contributed by atoms with Crippen molar-refractivity contribution in [1.82, 2.24) is 19.9 Å². The summed E-state index contributed by atoms with van der Waals surface area (Å²) in [4.78, 5) is 28.0. The van der Waals surface area contributed by atoms with Gasteiger partial charge in [-0.1, -0.05) is 6.92 Å². The number of fused-ring (bicyclic) bond motifs is 5. The first-order chi connectivity index (χ1) is 11.1. The number of benzene rings is 1. The maximum absolute atomic E-state index is 11.5. The fraction of sp³-hybridized carbons (Fsp3) is 0.176. The average molecular weight is 306 g/mol. The molecule has 0 aliphatic carbocycles. The number of pyridine rings is 1. The van der Waals surface area contributed by atoms with Crippen molar-refractivity contribution in [3.63, 3.8) is 0 Å². The zero-order valence-electron chi connectivity index (χ0n) is 12.7. The molecule has 6 nitrogen and oxygen atoms in total. The van der Waals surface area contributed by atoms with E-state index in [-0.39, 0.29) is 5.69 Å². The summed E-state index contributed by atoms with van der Waals surface area (Å²) in [5.74, 6) is -1.02. The number of aromatic amines is 1. The van der Waals surface area contributed by atoms with Crippen molar-refractivity contribution in [3.8, 4) is 0 Å². The molecule has 4 aromatic rings. The van der Waals surface area contributed by atoms with Crippen molar-refractivity contribution < 1.29 is 9.90 Å². The Morgan fingerprint density at radius 2 is 1.91 bits per heavy atom. The fourth-order valence-corrected chi connectivity index (χ4v) is 3.12. The molecular formula is C17H14N4O2. The van der Waals surface area contributed by atoms with Crippen LogP contribution in [-0.2, 0) is 6.42 Å². The number of rotatable bonds is 2. The number of nitrogens with zero attached hydrogens (tertiary/aromatic N) is 3. The second-order valence-electron chi connectivity index (χ2n) is 5.54. The van der Waals surface area contributed by atoms with E-state index in [9.17, 15) is 9.90 Å². The predicted molar refractivity (Wildman–Crippen MR) is 87.8 cm³/mol. The van der Waals surface area contributed by atoms with Gasteiger partial charge in [0.2, 0.25) is 0 Å². The van der Waals surface area contributed by atoms with Gasteiger partial charge in [-0.15, -0.1) is 0 Å². The van der Waals surface area contributed by atoms with Crippen LogP contribution < -0.4 is 0 Å². The number of hydrogen-bond acceptors (Lipinski definition) is 4. The molecule has 0 saturated heterocycles. The van der Waals surface area contributed by atoms with Crippen LogP contribution in [0.5, 0.6) is 0 Å². The lowest BCUT2D eigenvalue weighted by atomic mass is 10.0. The summed E-state index contributed by atoms with van der Waals surface area (Å²) in [5, 5.41) is 11.2. The SMILES string of the molecule is CCc1c(C(=O)O)ncc2nc3ccc4ncc(C)[nH]c4c3c12. The number of hydrogen-bond donors (Lipinski definition) is 2. The van der Waals surface area contributed by atoms with Gasteiger partial charge in [0.05, 0.1) is 28.3 Å². The normalized spacial score (nSPS) is 11.6. The van der Waals surface area contributed by atoms with Crippen molar-refractivity contribution in [2.75, 3.05) is 0 Å². The van der Waals surface area contributed by atoms with E-state index < -0.39 is 5.97 Å². The van der Waals surface area contributed by atoms with Crippen LogP contribution in [0.1, 0.15) is 28.7 Å². The maximum atomic E-state index is 11.5. The third kappa shape index (κ3) is 1.88. The number of carbonyl (C=O) groups is 1. The summed E-state index contributed by atoms with van der Waals surface area (Å²) in [7, 11) is 0. The van der Waals surface area contributed by atoms with Gasteiger partial charge < -0.3 is 10.1 Å². The Morgan fingerprint density at radius 1 is 1.13 bits per heavy atom. The molecule has 0 unspecified atom stereocenters. The van der Waals surface area contributed by atoms with Gasteiger partial charge in [0.15, 0.2) is 5.69 Å². The second kappa shape index (κ2) is 4.74. The highest BCUT2D eigenvalue weighted by molar-refractivity contribution is 6.20.